The van der Waals surface area contributed by atoms with Crippen molar-refractivity contribution in [2.24, 2.45) is 14.1 Å². The molecule has 0 aliphatic carbocycles. The number of nitrogens with zero attached hydrogens (tertiary/aromatic N) is 4. The summed E-state index contributed by atoms with van der Waals surface area (Å²) in [6.45, 7) is 1.42. The average Bonchev–Trinajstić information content (AvgIpc) is 3.31. The van der Waals surface area contributed by atoms with Gasteiger partial charge in [-0.15, -0.1) is 0 Å². The molecule has 24 heavy (non-hydrogen) atoms. The van der Waals surface area contributed by atoms with Gasteiger partial charge in [0.1, 0.15) is 0 Å². The van der Waals surface area contributed by atoms with E-state index in [9.17, 15) is 9.59 Å². The molecule has 1 saturated heterocycles. The molecule has 3 heterocycles. The van der Waals surface area contributed by atoms with Crippen molar-refractivity contribution in [3.8, 4) is 0 Å². The van der Waals surface area contributed by atoms with Crippen molar-refractivity contribution >= 4 is 11.2 Å². The van der Waals surface area contributed by atoms with Crippen molar-refractivity contribution in [2.45, 2.75) is 57.6 Å². The lowest BCUT2D eigenvalue weighted by Gasteiger charge is -2.08. The maximum Gasteiger partial charge on any atom is 0.332 e. The second kappa shape index (κ2) is 7.34. The number of epoxide rings is 1. The van der Waals surface area contributed by atoms with Crippen molar-refractivity contribution < 1.29 is 4.74 Å². The number of aromatic nitrogens is 4. The second-order valence-electron chi connectivity index (χ2n) is 6.69. The van der Waals surface area contributed by atoms with Gasteiger partial charge in [-0.25, -0.2) is 9.78 Å². The third-order valence-electron chi connectivity index (χ3n) is 4.76. The number of unbranched alkanes of at least 4 members (excludes halogenated alkanes) is 5. The summed E-state index contributed by atoms with van der Waals surface area (Å²) < 4.78 is 9.67. The van der Waals surface area contributed by atoms with Crippen LogP contribution in [0.4, 0.5) is 0 Å². The molecule has 1 unspecified atom stereocenters. The van der Waals surface area contributed by atoms with Gasteiger partial charge in [0, 0.05) is 20.6 Å². The Morgan fingerprint density at radius 2 is 1.79 bits per heavy atom. The van der Waals surface area contributed by atoms with Crippen molar-refractivity contribution in [2.75, 3.05) is 6.61 Å². The first-order valence-electron chi connectivity index (χ1n) is 8.82. The highest BCUT2D eigenvalue weighted by Gasteiger charge is 2.20. The Balaban J connectivity index is 1.52. The summed E-state index contributed by atoms with van der Waals surface area (Å²) in [5, 5.41) is 0. The number of ether oxygens (including phenoxy) is 1. The van der Waals surface area contributed by atoms with Gasteiger partial charge >= 0.3 is 5.69 Å². The number of hydrogen-bond acceptors (Lipinski definition) is 4. The summed E-state index contributed by atoms with van der Waals surface area (Å²) >= 11 is 0. The summed E-state index contributed by atoms with van der Waals surface area (Å²) in [4.78, 5) is 29.0. The Hall–Kier alpha value is -1.89. The van der Waals surface area contributed by atoms with Crippen molar-refractivity contribution in [1.29, 1.82) is 0 Å². The van der Waals surface area contributed by atoms with Gasteiger partial charge in [-0.1, -0.05) is 32.1 Å². The van der Waals surface area contributed by atoms with Crippen LogP contribution in [0.15, 0.2) is 15.9 Å². The van der Waals surface area contributed by atoms with Crippen LogP contribution in [0.3, 0.4) is 0 Å². The zero-order chi connectivity index (χ0) is 17.1. The molecule has 2 aromatic heterocycles. The van der Waals surface area contributed by atoms with E-state index < -0.39 is 0 Å². The second-order valence-corrected chi connectivity index (χ2v) is 6.69. The molecule has 7 nitrogen and oxygen atoms in total. The van der Waals surface area contributed by atoms with E-state index in [2.05, 4.69) is 4.98 Å². The zero-order valence-corrected chi connectivity index (χ0v) is 14.5. The first-order valence-corrected chi connectivity index (χ1v) is 8.82. The van der Waals surface area contributed by atoms with Crippen molar-refractivity contribution in [3.63, 3.8) is 0 Å². The molecular formula is C17H26N4O3. The van der Waals surface area contributed by atoms with Crippen LogP contribution in [0.2, 0.25) is 0 Å². The molecule has 3 rings (SSSR count). The standard InChI is InChI=1S/C17H26N4O3/c1-19-12-18-15-14(19)16(22)21(17(23)20(15)2)10-8-6-4-3-5-7-9-13-11-24-13/h12-13H,3-11H2,1-2H3. The highest BCUT2D eigenvalue weighted by atomic mass is 16.6. The number of hydrogen-bond donors (Lipinski definition) is 0. The highest BCUT2D eigenvalue weighted by molar-refractivity contribution is 5.69. The van der Waals surface area contributed by atoms with Gasteiger partial charge < -0.3 is 9.30 Å². The van der Waals surface area contributed by atoms with E-state index >= 15 is 0 Å². The molecule has 1 fully saturated rings. The van der Waals surface area contributed by atoms with Crippen LogP contribution in [0.1, 0.15) is 44.9 Å². The Morgan fingerprint density at radius 3 is 2.50 bits per heavy atom. The molecule has 0 aromatic carbocycles. The molecule has 132 valence electrons. The van der Waals surface area contributed by atoms with Gasteiger partial charge in [0.15, 0.2) is 11.2 Å². The third-order valence-corrected chi connectivity index (χ3v) is 4.76. The Labute approximate surface area is 140 Å². The van der Waals surface area contributed by atoms with Gasteiger partial charge in [0.2, 0.25) is 0 Å². The smallest absolute Gasteiger partial charge is 0.332 e. The molecule has 0 radical (unpaired) electrons. The van der Waals surface area contributed by atoms with Crippen LogP contribution in [-0.2, 0) is 25.4 Å². The lowest BCUT2D eigenvalue weighted by Crippen LogP contribution is -2.39. The summed E-state index contributed by atoms with van der Waals surface area (Å²) in [6, 6.07) is 0. The molecule has 1 aliphatic heterocycles. The number of aryl methyl sites for hydroxylation is 2. The van der Waals surface area contributed by atoms with E-state index in [0.717, 1.165) is 25.9 Å². The fourth-order valence-electron chi connectivity index (χ4n) is 3.18. The SMILES string of the molecule is Cn1cnc2c1c(=O)n(CCCCCCCCC1CO1)c(=O)n2C. The van der Waals surface area contributed by atoms with Gasteiger partial charge in [-0.05, 0) is 12.8 Å². The lowest BCUT2D eigenvalue weighted by molar-refractivity contribution is 0.387. The molecule has 0 bridgehead atoms. The molecule has 0 amide bonds. The third kappa shape index (κ3) is 3.61. The summed E-state index contributed by atoms with van der Waals surface area (Å²) in [5.41, 5.74) is 0.413. The minimum absolute atomic E-state index is 0.238. The van der Waals surface area contributed by atoms with Crippen LogP contribution in [0, 0.1) is 0 Å². The Morgan fingerprint density at radius 1 is 1.12 bits per heavy atom. The van der Waals surface area contributed by atoms with Gasteiger partial charge in [0.25, 0.3) is 5.56 Å². The van der Waals surface area contributed by atoms with Crippen LogP contribution in [0.5, 0.6) is 0 Å². The number of imidazole rings is 1. The zero-order valence-electron chi connectivity index (χ0n) is 14.5. The fraction of sp³-hybridized carbons (Fsp3) is 0.706. The lowest BCUT2D eigenvalue weighted by atomic mass is 10.1. The van der Waals surface area contributed by atoms with E-state index in [1.54, 1.807) is 25.0 Å². The quantitative estimate of drug-likeness (QED) is 0.515. The topological polar surface area (TPSA) is 74.3 Å². The maximum atomic E-state index is 12.5. The van der Waals surface area contributed by atoms with Crippen LogP contribution in [0.25, 0.3) is 11.2 Å². The molecule has 1 aliphatic rings. The number of rotatable bonds is 9. The Kier molecular flexibility index (Phi) is 5.18. The normalized spacial score (nSPS) is 16.8. The first-order chi connectivity index (χ1) is 11.6. The van der Waals surface area contributed by atoms with E-state index in [1.165, 1.54) is 34.8 Å². The monoisotopic (exact) mass is 334 g/mol. The van der Waals surface area contributed by atoms with Crippen LogP contribution in [-0.4, -0.2) is 31.4 Å². The highest BCUT2D eigenvalue weighted by Crippen LogP contribution is 2.18. The molecule has 7 heteroatoms. The summed E-state index contributed by atoms with van der Waals surface area (Å²) in [5.74, 6) is 0. The largest absolute Gasteiger partial charge is 0.373 e. The minimum Gasteiger partial charge on any atom is -0.373 e. The summed E-state index contributed by atoms with van der Waals surface area (Å²) in [6.07, 6.45) is 10.0. The van der Waals surface area contributed by atoms with Gasteiger partial charge in [-0.3, -0.25) is 13.9 Å². The van der Waals surface area contributed by atoms with Crippen LogP contribution < -0.4 is 11.2 Å². The van der Waals surface area contributed by atoms with E-state index in [1.807, 2.05) is 0 Å². The summed E-state index contributed by atoms with van der Waals surface area (Å²) in [7, 11) is 3.44. The van der Waals surface area contributed by atoms with Crippen molar-refractivity contribution in [3.05, 3.63) is 27.2 Å². The van der Waals surface area contributed by atoms with Crippen LogP contribution >= 0.6 is 0 Å². The van der Waals surface area contributed by atoms with E-state index in [0.29, 0.717) is 23.8 Å². The Bertz CT molecular complexity index is 814. The van der Waals surface area contributed by atoms with Gasteiger partial charge in [0.05, 0.1) is 19.0 Å². The van der Waals surface area contributed by atoms with Gasteiger partial charge in [-0.2, -0.15) is 0 Å². The van der Waals surface area contributed by atoms with E-state index in [4.69, 9.17) is 4.74 Å². The molecule has 1 atom stereocenters. The maximum absolute atomic E-state index is 12.5. The molecule has 2 aromatic rings. The average molecular weight is 334 g/mol. The first kappa shape index (κ1) is 17.0. The molecule has 0 saturated carbocycles. The minimum atomic E-state index is -0.282. The molecule has 0 N–H and O–H groups in total. The molecular weight excluding hydrogens is 308 g/mol. The van der Waals surface area contributed by atoms with Crippen molar-refractivity contribution in [1.82, 2.24) is 18.7 Å². The predicted octanol–water partition coefficient (Wildman–Crippen LogP) is 1.56. The molecule has 0 spiro atoms. The predicted molar refractivity (Wildman–Crippen MR) is 92.3 cm³/mol. The number of fused-ring (bicyclic) bond motifs is 1. The van der Waals surface area contributed by atoms with E-state index in [-0.39, 0.29) is 11.2 Å². The fourth-order valence-corrected chi connectivity index (χ4v) is 3.18.